The summed E-state index contributed by atoms with van der Waals surface area (Å²) in [6.07, 6.45) is 8.88. The van der Waals surface area contributed by atoms with Crippen LogP contribution in [0.4, 0.5) is 0 Å². The summed E-state index contributed by atoms with van der Waals surface area (Å²) < 4.78 is 31.8. The van der Waals surface area contributed by atoms with Gasteiger partial charge in [0.15, 0.2) is 0 Å². The van der Waals surface area contributed by atoms with Gasteiger partial charge in [-0.25, -0.2) is 8.42 Å². The largest absolute Gasteiger partial charge is 0.379 e. The molecule has 0 radical (unpaired) electrons. The molecule has 1 N–H and O–H groups in total. The Morgan fingerprint density at radius 3 is 2.41 bits per heavy atom. The Balaban J connectivity index is 1.48. The third kappa shape index (κ3) is 5.53. The van der Waals surface area contributed by atoms with Crippen LogP contribution in [0.15, 0.2) is 29.2 Å². The lowest BCUT2D eigenvalue weighted by Crippen LogP contribution is -2.40. The Hall–Kier alpha value is -1.44. The van der Waals surface area contributed by atoms with Gasteiger partial charge >= 0.3 is 0 Å². The number of amides is 1. The van der Waals surface area contributed by atoms with Gasteiger partial charge in [-0.1, -0.05) is 32.1 Å². The maximum absolute atomic E-state index is 12.6. The topological polar surface area (TPSA) is 75.7 Å². The number of nitrogens with zero attached hydrogens (tertiary/aromatic N) is 1. The first kappa shape index (κ1) is 20.3. The predicted octanol–water partition coefficient (Wildman–Crippen LogP) is 2.80. The smallest absolute Gasteiger partial charge is 0.251 e. The lowest BCUT2D eigenvalue weighted by atomic mass is 9.86. The standard InChI is InChI=1S/C20H30N2O4S/c23-20(21-12-4-7-17-5-2-1-3-6-17)18-8-10-19(11-9-18)27(24,25)22-13-15-26-16-14-22/h8-11,17H,1-7,12-16H2,(H,21,23). The fourth-order valence-corrected chi connectivity index (χ4v) is 5.29. The van der Waals surface area contributed by atoms with Gasteiger partial charge in [0, 0.05) is 25.2 Å². The Labute approximate surface area is 162 Å². The molecule has 1 saturated heterocycles. The number of nitrogens with one attached hydrogen (secondary N) is 1. The zero-order valence-electron chi connectivity index (χ0n) is 15.9. The van der Waals surface area contributed by atoms with Crippen LogP contribution in [0.1, 0.15) is 55.3 Å². The third-order valence-corrected chi connectivity index (χ3v) is 7.44. The molecule has 3 rings (SSSR count). The zero-order chi connectivity index (χ0) is 19.1. The van der Waals surface area contributed by atoms with E-state index in [2.05, 4.69) is 5.32 Å². The van der Waals surface area contributed by atoms with E-state index in [4.69, 9.17) is 4.74 Å². The van der Waals surface area contributed by atoms with Crippen molar-refractivity contribution >= 4 is 15.9 Å². The second-order valence-electron chi connectivity index (χ2n) is 7.44. The van der Waals surface area contributed by atoms with Crippen molar-refractivity contribution in [3.63, 3.8) is 0 Å². The highest BCUT2D eigenvalue weighted by Gasteiger charge is 2.26. The van der Waals surface area contributed by atoms with Gasteiger partial charge < -0.3 is 10.1 Å². The number of carbonyl (C=O) groups is 1. The van der Waals surface area contributed by atoms with Crippen molar-refractivity contribution < 1.29 is 17.9 Å². The van der Waals surface area contributed by atoms with Gasteiger partial charge in [-0.15, -0.1) is 0 Å². The Morgan fingerprint density at radius 1 is 1.07 bits per heavy atom. The number of morpholine rings is 1. The van der Waals surface area contributed by atoms with Crippen LogP contribution in [-0.4, -0.2) is 51.5 Å². The van der Waals surface area contributed by atoms with Gasteiger partial charge in [0.1, 0.15) is 0 Å². The van der Waals surface area contributed by atoms with E-state index >= 15 is 0 Å². The van der Waals surface area contributed by atoms with Crippen LogP contribution in [0.5, 0.6) is 0 Å². The molecule has 27 heavy (non-hydrogen) atoms. The summed E-state index contributed by atoms with van der Waals surface area (Å²) in [5.74, 6) is 0.675. The van der Waals surface area contributed by atoms with Crippen LogP contribution in [0.2, 0.25) is 0 Å². The van der Waals surface area contributed by atoms with E-state index in [1.54, 1.807) is 12.1 Å². The van der Waals surface area contributed by atoms with Crippen molar-refractivity contribution in [2.24, 2.45) is 5.92 Å². The number of ether oxygens (including phenoxy) is 1. The molecule has 1 amide bonds. The minimum Gasteiger partial charge on any atom is -0.379 e. The highest BCUT2D eigenvalue weighted by Crippen LogP contribution is 2.27. The van der Waals surface area contributed by atoms with Crippen LogP contribution in [-0.2, 0) is 14.8 Å². The van der Waals surface area contributed by atoms with Crippen molar-refractivity contribution in [3.05, 3.63) is 29.8 Å². The SMILES string of the molecule is O=C(NCCCC1CCCCC1)c1ccc(S(=O)(=O)N2CCOCC2)cc1. The third-order valence-electron chi connectivity index (χ3n) is 5.52. The van der Waals surface area contributed by atoms with Crippen molar-refractivity contribution in [2.45, 2.75) is 49.8 Å². The number of benzene rings is 1. The molecule has 1 aliphatic carbocycles. The van der Waals surface area contributed by atoms with Crippen molar-refractivity contribution in [1.29, 1.82) is 0 Å². The molecule has 1 saturated carbocycles. The average molecular weight is 395 g/mol. The maximum Gasteiger partial charge on any atom is 0.251 e. The number of hydrogen-bond acceptors (Lipinski definition) is 4. The van der Waals surface area contributed by atoms with E-state index < -0.39 is 10.0 Å². The molecule has 0 unspecified atom stereocenters. The summed E-state index contributed by atoms with van der Waals surface area (Å²) in [7, 11) is -3.52. The molecule has 6 nitrogen and oxygen atoms in total. The van der Waals surface area contributed by atoms with Crippen LogP contribution in [0.25, 0.3) is 0 Å². The lowest BCUT2D eigenvalue weighted by Gasteiger charge is -2.26. The maximum atomic E-state index is 12.6. The molecule has 2 aliphatic rings. The second kappa shape index (κ2) is 9.66. The number of sulfonamides is 1. The highest BCUT2D eigenvalue weighted by molar-refractivity contribution is 7.89. The highest BCUT2D eigenvalue weighted by atomic mass is 32.2. The van der Waals surface area contributed by atoms with Gasteiger partial charge in [-0.05, 0) is 43.0 Å². The van der Waals surface area contributed by atoms with Gasteiger partial charge in [-0.3, -0.25) is 4.79 Å². The van der Waals surface area contributed by atoms with Gasteiger partial charge in [0.2, 0.25) is 10.0 Å². The minimum absolute atomic E-state index is 0.144. The second-order valence-corrected chi connectivity index (χ2v) is 9.38. The summed E-state index contributed by atoms with van der Waals surface area (Å²) in [4.78, 5) is 12.5. The van der Waals surface area contributed by atoms with E-state index in [9.17, 15) is 13.2 Å². The molecule has 1 aromatic rings. The number of rotatable bonds is 7. The monoisotopic (exact) mass is 394 g/mol. The van der Waals surface area contributed by atoms with Crippen LogP contribution >= 0.6 is 0 Å². The predicted molar refractivity (Wildman–Crippen MR) is 104 cm³/mol. The molecule has 0 spiro atoms. The molecular formula is C20H30N2O4S. The zero-order valence-corrected chi connectivity index (χ0v) is 16.7. The van der Waals surface area contributed by atoms with Crippen molar-refractivity contribution in [3.8, 4) is 0 Å². The average Bonchev–Trinajstić information content (AvgIpc) is 2.72. The summed E-state index contributed by atoms with van der Waals surface area (Å²) in [6, 6.07) is 6.21. The molecule has 0 bridgehead atoms. The first-order valence-electron chi connectivity index (χ1n) is 10.0. The molecule has 0 aromatic heterocycles. The Morgan fingerprint density at radius 2 is 1.74 bits per heavy atom. The van der Waals surface area contributed by atoms with E-state index in [0.717, 1.165) is 12.3 Å². The van der Waals surface area contributed by atoms with E-state index in [1.165, 1.54) is 55.0 Å². The molecule has 1 aliphatic heterocycles. The van der Waals surface area contributed by atoms with Crippen LogP contribution in [0.3, 0.4) is 0 Å². The summed E-state index contributed by atoms with van der Waals surface area (Å²) in [6.45, 7) is 2.24. The quantitative estimate of drug-likeness (QED) is 0.722. The van der Waals surface area contributed by atoms with Gasteiger partial charge in [-0.2, -0.15) is 4.31 Å². The molecule has 1 heterocycles. The summed E-state index contributed by atoms with van der Waals surface area (Å²) >= 11 is 0. The van der Waals surface area contributed by atoms with Crippen molar-refractivity contribution in [2.75, 3.05) is 32.8 Å². The molecule has 1 aromatic carbocycles. The summed E-state index contributed by atoms with van der Waals surface area (Å²) in [5.41, 5.74) is 0.494. The molecular weight excluding hydrogens is 364 g/mol. The summed E-state index contributed by atoms with van der Waals surface area (Å²) in [5, 5.41) is 2.94. The molecule has 0 atom stereocenters. The Kier molecular flexibility index (Phi) is 7.26. The first-order chi connectivity index (χ1) is 13.1. The number of hydrogen-bond donors (Lipinski definition) is 1. The fraction of sp³-hybridized carbons (Fsp3) is 0.650. The van der Waals surface area contributed by atoms with E-state index in [1.807, 2.05) is 0 Å². The molecule has 7 heteroatoms. The van der Waals surface area contributed by atoms with Crippen LogP contribution in [0, 0.1) is 5.92 Å². The van der Waals surface area contributed by atoms with E-state index in [-0.39, 0.29) is 10.8 Å². The van der Waals surface area contributed by atoms with Gasteiger partial charge in [0.05, 0.1) is 18.1 Å². The Bertz CT molecular complexity index is 706. The normalized spacial score (nSPS) is 19.7. The molecule has 2 fully saturated rings. The van der Waals surface area contributed by atoms with Crippen LogP contribution < -0.4 is 5.32 Å². The van der Waals surface area contributed by atoms with Crippen molar-refractivity contribution in [1.82, 2.24) is 9.62 Å². The van der Waals surface area contributed by atoms with E-state index in [0.29, 0.717) is 38.4 Å². The first-order valence-corrected chi connectivity index (χ1v) is 11.5. The lowest BCUT2D eigenvalue weighted by molar-refractivity contribution is 0.0730. The minimum atomic E-state index is -3.52. The molecule has 150 valence electrons. The fourth-order valence-electron chi connectivity index (χ4n) is 3.88. The van der Waals surface area contributed by atoms with Gasteiger partial charge in [0.25, 0.3) is 5.91 Å². The number of carbonyl (C=O) groups excluding carboxylic acids is 1.